The number of benzene rings is 3. The molecule has 0 unspecified atom stereocenters. The number of carbonyl (C=O) groups is 1. The average molecular weight is 556 g/mol. The molecular weight excluding hydrogens is 519 g/mol. The van der Waals surface area contributed by atoms with Crippen LogP contribution in [0.1, 0.15) is 75.8 Å². The zero-order valence-corrected chi connectivity index (χ0v) is 24.4. The van der Waals surface area contributed by atoms with E-state index >= 15 is 0 Å². The minimum absolute atomic E-state index is 0.231. The maximum atomic E-state index is 12.6. The molecule has 7 heteroatoms. The van der Waals surface area contributed by atoms with Crippen molar-refractivity contribution in [2.24, 2.45) is 5.10 Å². The number of carbonyl (C=O) groups excluding carboxylic acids is 1. The molecule has 202 valence electrons. The predicted molar refractivity (Wildman–Crippen MR) is 157 cm³/mol. The van der Waals surface area contributed by atoms with Gasteiger partial charge in [0.25, 0.3) is 0 Å². The second-order valence-electron chi connectivity index (χ2n) is 11.4. The summed E-state index contributed by atoms with van der Waals surface area (Å²) in [6, 6.07) is 17.0. The standard InChI is InChI=1S/C31H36Cl2N2O3/c1-30(2,3)24-14-21(15-25(28(24)37)31(4,5)6)12-13-27(36)35-34-18-22-16-23(32)17-26(33)29(22)38-19-20-10-8-7-9-11-20/h7-11,14-18,37H,12-13,19H2,1-6H3,(H,35,36)/b34-18-. The van der Waals surface area contributed by atoms with E-state index in [-0.39, 0.29) is 23.2 Å². The molecule has 0 saturated carbocycles. The van der Waals surface area contributed by atoms with Crippen LogP contribution in [-0.2, 0) is 28.7 Å². The summed E-state index contributed by atoms with van der Waals surface area (Å²) in [6.45, 7) is 12.7. The maximum Gasteiger partial charge on any atom is 0.240 e. The lowest BCUT2D eigenvalue weighted by Crippen LogP contribution is -2.20. The van der Waals surface area contributed by atoms with Crippen LogP contribution in [0.5, 0.6) is 11.5 Å². The van der Waals surface area contributed by atoms with E-state index in [0.717, 1.165) is 22.3 Å². The SMILES string of the molecule is CC(C)(C)c1cc(CCC(=O)N/N=C\c2cc(Cl)cc(Cl)c2OCc2ccccc2)cc(C(C)(C)C)c1O. The molecule has 0 saturated heterocycles. The van der Waals surface area contributed by atoms with Crippen molar-refractivity contribution in [3.63, 3.8) is 0 Å². The van der Waals surface area contributed by atoms with Gasteiger partial charge in [0.1, 0.15) is 18.1 Å². The quantitative estimate of drug-likeness (QED) is 0.219. The first-order chi connectivity index (χ1) is 17.8. The summed E-state index contributed by atoms with van der Waals surface area (Å²) >= 11 is 12.6. The van der Waals surface area contributed by atoms with Gasteiger partial charge in [-0.2, -0.15) is 5.10 Å². The van der Waals surface area contributed by atoms with Gasteiger partial charge in [-0.25, -0.2) is 5.43 Å². The third-order valence-corrected chi connectivity index (χ3v) is 6.58. The van der Waals surface area contributed by atoms with E-state index in [2.05, 4.69) is 52.1 Å². The molecule has 0 radical (unpaired) electrons. The van der Waals surface area contributed by atoms with Gasteiger partial charge in [0.15, 0.2) is 0 Å². The molecule has 5 nitrogen and oxygen atoms in total. The summed E-state index contributed by atoms with van der Waals surface area (Å²) in [4.78, 5) is 12.6. The lowest BCUT2D eigenvalue weighted by Gasteiger charge is -2.28. The zero-order chi connectivity index (χ0) is 28.1. The molecule has 0 aliphatic rings. The van der Waals surface area contributed by atoms with Crippen molar-refractivity contribution >= 4 is 35.3 Å². The van der Waals surface area contributed by atoms with Gasteiger partial charge < -0.3 is 9.84 Å². The molecule has 2 N–H and O–H groups in total. The molecule has 0 heterocycles. The summed E-state index contributed by atoms with van der Waals surface area (Å²) in [5.74, 6) is 0.531. The highest BCUT2D eigenvalue weighted by Crippen LogP contribution is 2.40. The van der Waals surface area contributed by atoms with Gasteiger partial charge in [-0.1, -0.05) is 107 Å². The summed E-state index contributed by atoms with van der Waals surface area (Å²) in [6.07, 6.45) is 2.23. The second kappa shape index (κ2) is 12.2. The number of hydrogen-bond donors (Lipinski definition) is 2. The van der Waals surface area contributed by atoms with Crippen molar-refractivity contribution in [3.8, 4) is 11.5 Å². The van der Waals surface area contributed by atoms with Gasteiger partial charge in [0.05, 0.1) is 11.2 Å². The molecule has 0 aliphatic heterocycles. The fourth-order valence-electron chi connectivity index (χ4n) is 4.03. The highest BCUT2D eigenvalue weighted by molar-refractivity contribution is 6.36. The highest BCUT2D eigenvalue weighted by Gasteiger charge is 2.26. The number of nitrogens with one attached hydrogen (secondary N) is 1. The van der Waals surface area contributed by atoms with Crippen molar-refractivity contribution in [3.05, 3.63) is 92.5 Å². The molecule has 0 aliphatic carbocycles. The molecule has 0 atom stereocenters. The number of phenols is 1. The number of hydrogen-bond acceptors (Lipinski definition) is 4. The van der Waals surface area contributed by atoms with Crippen molar-refractivity contribution in [2.75, 3.05) is 0 Å². The number of halogens is 2. The Kier molecular flexibility index (Phi) is 9.50. The number of nitrogens with zero attached hydrogens (tertiary/aromatic N) is 1. The molecule has 0 fully saturated rings. The van der Waals surface area contributed by atoms with Crippen molar-refractivity contribution in [1.29, 1.82) is 0 Å². The Hall–Kier alpha value is -3.02. The first kappa shape index (κ1) is 29.5. The Morgan fingerprint density at radius 3 is 2.13 bits per heavy atom. The van der Waals surface area contributed by atoms with Crippen LogP contribution >= 0.6 is 23.2 Å². The van der Waals surface area contributed by atoms with Crippen LogP contribution in [0.25, 0.3) is 0 Å². The molecule has 3 rings (SSSR count). The lowest BCUT2D eigenvalue weighted by atomic mass is 9.78. The van der Waals surface area contributed by atoms with E-state index < -0.39 is 0 Å². The monoisotopic (exact) mass is 554 g/mol. The Morgan fingerprint density at radius 1 is 0.947 bits per heavy atom. The van der Waals surface area contributed by atoms with Gasteiger partial charge in [-0.3, -0.25) is 4.79 Å². The number of aromatic hydroxyl groups is 1. The number of hydrazone groups is 1. The topological polar surface area (TPSA) is 70.9 Å². The van der Waals surface area contributed by atoms with Crippen molar-refractivity contribution in [1.82, 2.24) is 5.43 Å². The fourth-order valence-corrected chi connectivity index (χ4v) is 4.59. The average Bonchev–Trinajstić information content (AvgIpc) is 2.82. The molecule has 0 aromatic heterocycles. The third-order valence-electron chi connectivity index (χ3n) is 6.08. The number of rotatable bonds is 8. The van der Waals surface area contributed by atoms with Gasteiger partial charge in [0, 0.05) is 17.0 Å². The zero-order valence-electron chi connectivity index (χ0n) is 22.9. The third kappa shape index (κ3) is 7.99. The summed E-state index contributed by atoms with van der Waals surface area (Å²) in [7, 11) is 0. The maximum absolute atomic E-state index is 12.6. The molecule has 1 amide bonds. The molecule has 0 spiro atoms. The first-order valence-electron chi connectivity index (χ1n) is 12.6. The van der Waals surface area contributed by atoms with Crippen LogP contribution in [0.4, 0.5) is 0 Å². The van der Waals surface area contributed by atoms with Gasteiger partial charge in [-0.05, 0) is 51.6 Å². The normalized spacial score (nSPS) is 12.1. The van der Waals surface area contributed by atoms with E-state index in [1.54, 1.807) is 12.1 Å². The molecule has 0 bridgehead atoms. The predicted octanol–water partition coefficient (Wildman–Crippen LogP) is 7.96. The Bertz CT molecular complexity index is 1270. The van der Waals surface area contributed by atoms with Crippen molar-refractivity contribution < 1.29 is 14.6 Å². The highest BCUT2D eigenvalue weighted by atomic mass is 35.5. The minimum Gasteiger partial charge on any atom is -0.507 e. The Labute approximate surface area is 235 Å². The number of amides is 1. The van der Waals surface area contributed by atoms with E-state index in [1.165, 1.54) is 6.21 Å². The van der Waals surface area contributed by atoms with E-state index in [4.69, 9.17) is 27.9 Å². The summed E-state index contributed by atoms with van der Waals surface area (Å²) < 4.78 is 5.94. The molecular formula is C31H36Cl2N2O3. The van der Waals surface area contributed by atoms with Gasteiger partial charge in [-0.15, -0.1) is 0 Å². The Balaban J connectivity index is 1.70. The van der Waals surface area contributed by atoms with Gasteiger partial charge >= 0.3 is 0 Å². The van der Waals surface area contributed by atoms with Crippen LogP contribution < -0.4 is 10.2 Å². The van der Waals surface area contributed by atoms with E-state index in [1.807, 2.05) is 42.5 Å². The van der Waals surface area contributed by atoms with Crippen molar-refractivity contribution in [2.45, 2.75) is 71.8 Å². The van der Waals surface area contributed by atoms with Crippen LogP contribution in [0.3, 0.4) is 0 Å². The van der Waals surface area contributed by atoms with Crippen LogP contribution in [0.15, 0.2) is 59.7 Å². The molecule has 3 aromatic rings. The van der Waals surface area contributed by atoms with Crippen LogP contribution in [0.2, 0.25) is 10.0 Å². The van der Waals surface area contributed by atoms with E-state index in [9.17, 15) is 9.90 Å². The fraction of sp³-hybridized carbons (Fsp3) is 0.355. The van der Waals surface area contributed by atoms with E-state index in [0.29, 0.717) is 40.1 Å². The number of ether oxygens (including phenoxy) is 1. The molecule has 38 heavy (non-hydrogen) atoms. The summed E-state index contributed by atoms with van der Waals surface area (Å²) in [5.41, 5.74) is 6.41. The Morgan fingerprint density at radius 2 is 1.55 bits per heavy atom. The number of aryl methyl sites for hydroxylation is 1. The second-order valence-corrected chi connectivity index (χ2v) is 12.3. The summed E-state index contributed by atoms with van der Waals surface area (Å²) in [5, 5.41) is 15.8. The van der Waals surface area contributed by atoms with Crippen LogP contribution in [-0.4, -0.2) is 17.2 Å². The number of phenolic OH excluding ortho intramolecular Hbond substituents is 1. The first-order valence-corrected chi connectivity index (χ1v) is 13.4. The van der Waals surface area contributed by atoms with Gasteiger partial charge in [0.2, 0.25) is 5.91 Å². The van der Waals surface area contributed by atoms with Crippen LogP contribution in [0, 0.1) is 0 Å². The lowest BCUT2D eigenvalue weighted by molar-refractivity contribution is -0.121. The smallest absolute Gasteiger partial charge is 0.240 e. The minimum atomic E-state index is -0.233. The largest absolute Gasteiger partial charge is 0.507 e. The molecule has 3 aromatic carbocycles.